The lowest BCUT2D eigenvalue weighted by Gasteiger charge is -2.34. The van der Waals surface area contributed by atoms with Crippen LogP contribution in [0.15, 0.2) is 15.3 Å². The largest absolute Gasteiger partial charge is 0.450 e. The summed E-state index contributed by atoms with van der Waals surface area (Å²) in [5, 5.41) is 3.30. The first-order valence-electron chi connectivity index (χ1n) is 9.57. The fourth-order valence-electron chi connectivity index (χ4n) is 3.65. The van der Waals surface area contributed by atoms with Crippen molar-refractivity contribution in [1.29, 1.82) is 0 Å². The molecule has 0 radical (unpaired) electrons. The zero-order valence-corrected chi connectivity index (χ0v) is 17.2. The van der Waals surface area contributed by atoms with Crippen molar-refractivity contribution >= 4 is 24.4 Å². The fourth-order valence-corrected chi connectivity index (χ4v) is 3.65. The van der Waals surface area contributed by atoms with Crippen LogP contribution in [0.4, 0.5) is 4.79 Å². The van der Waals surface area contributed by atoms with Crippen molar-refractivity contribution < 1.29 is 18.7 Å². The predicted molar refractivity (Wildman–Crippen MR) is 106 cm³/mol. The number of nitrogens with one attached hydrogen (secondary N) is 1. The Hall–Kier alpha value is -2.06. The molecule has 0 aliphatic carbocycles. The number of hydrogen-bond acceptors (Lipinski definition) is 6. The summed E-state index contributed by atoms with van der Waals surface area (Å²) in [5.41, 5.74) is 0.158. The van der Waals surface area contributed by atoms with Gasteiger partial charge in [0.05, 0.1) is 6.61 Å². The van der Waals surface area contributed by atoms with Crippen LogP contribution in [0.5, 0.6) is 0 Å². The van der Waals surface area contributed by atoms with Crippen LogP contribution < -0.4 is 10.9 Å². The van der Waals surface area contributed by atoms with E-state index in [4.69, 9.17) is 9.15 Å². The Labute approximate surface area is 170 Å². The number of halogens is 1. The number of carbonyl (C=O) groups is 2. The van der Waals surface area contributed by atoms with Gasteiger partial charge in [-0.3, -0.25) is 4.79 Å². The Morgan fingerprint density at radius 1 is 1.25 bits per heavy atom. The van der Waals surface area contributed by atoms with Crippen LogP contribution >= 0.6 is 12.4 Å². The monoisotopic (exact) mass is 413 g/mol. The van der Waals surface area contributed by atoms with Gasteiger partial charge in [0.15, 0.2) is 0 Å². The molecule has 0 bridgehead atoms. The smallest absolute Gasteiger partial charge is 0.409 e. The van der Waals surface area contributed by atoms with Gasteiger partial charge >= 0.3 is 11.7 Å². The molecule has 2 aliphatic heterocycles. The highest BCUT2D eigenvalue weighted by Gasteiger charge is 2.29. The Bertz CT molecular complexity index is 752. The van der Waals surface area contributed by atoms with E-state index >= 15 is 0 Å². The second-order valence-electron chi connectivity index (χ2n) is 7.02. The van der Waals surface area contributed by atoms with Gasteiger partial charge < -0.3 is 24.3 Å². The van der Waals surface area contributed by atoms with E-state index in [9.17, 15) is 14.4 Å². The zero-order valence-electron chi connectivity index (χ0n) is 16.4. The van der Waals surface area contributed by atoms with Gasteiger partial charge in [-0.2, -0.15) is 0 Å². The minimum Gasteiger partial charge on any atom is -0.450 e. The Morgan fingerprint density at radius 2 is 1.93 bits per heavy atom. The highest BCUT2D eigenvalue weighted by Crippen LogP contribution is 2.24. The van der Waals surface area contributed by atoms with Gasteiger partial charge in [0.1, 0.15) is 11.3 Å². The lowest BCUT2D eigenvalue weighted by molar-refractivity contribution is 0.0565. The standard InChI is InChI=1S/C19H27N3O5.ClH/c1-3-26-19(25)22-9-7-21(8-10-22)17(23)16-13(2)11-15(27-18(16)24)14-5-4-6-20-12-14;/h11,14,20H,3-10,12H2,1-2H3;1H. The predicted octanol–water partition coefficient (Wildman–Crippen LogP) is 1.75. The third-order valence-corrected chi connectivity index (χ3v) is 5.17. The molecule has 3 heterocycles. The summed E-state index contributed by atoms with van der Waals surface area (Å²) in [5.74, 6) is 0.480. The summed E-state index contributed by atoms with van der Waals surface area (Å²) in [7, 11) is 0. The molecule has 0 aromatic carbocycles. The maximum Gasteiger partial charge on any atom is 0.409 e. The van der Waals surface area contributed by atoms with Crippen LogP contribution in [0.25, 0.3) is 0 Å². The first-order valence-corrected chi connectivity index (χ1v) is 9.57. The van der Waals surface area contributed by atoms with Gasteiger partial charge in [-0.15, -0.1) is 12.4 Å². The average Bonchev–Trinajstić information content (AvgIpc) is 2.68. The molecule has 3 rings (SSSR count). The van der Waals surface area contributed by atoms with E-state index in [1.165, 1.54) is 0 Å². The lowest BCUT2D eigenvalue weighted by atomic mass is 9.95. The molecule has 1 unspecified atom stereocenters. The van der Waals surface area contributed by atoms with Crippen LogP contribution in [-0.2, 0) is 4.74 Å². The van der Waals surface area contributed by atoms with E-state index in [1.54, 1.807) is 23.6 Å². The van der Waals surface area contributed by atoms with Crippen molar-refractivity contribution in [3.05, 3.63) is 33.4 Å². The minimum absolute atomic E-state index is 0. The number of rotatable bonds is 3. The summed E-state index contributed by atoms with van der Waals surface area (Å²) in [6, 6.07) is 1.82. The zero-order chi connectivity index (χ0) is 19.4. The Kier molecular flexibility index (Phi) is 7.88. The second-order valence-corrected chi connectivity index (χ2v) is 7.02. The summed E-state index contributed by atoms with van der Waals surface area (Å²) in [6.07, 6.45) is 1.64. The SMILES string of the molecule is CCOC(=O)N1CCN(C(=O)c2c(C)cc(C3CCCNC3)oc2=O)CC1.Cl. The molecule has 0 saturated carbocycles. The molecule has 2 amide bonds. The number of hydrogen-bond donors (Lipinski definition) is 1. The van der Waals surface area contributed by atoms with Gasteiger partial charge in [0.25, 0.3) is 5.91 Å². The summed E-state index contributed by atoms with van der Waals surface area (Å²) in [6.45, 7) is 7.13. The van der Waals surface area contributed by atoms with Gasteiger partial charge in [-0.25, -0.2) is 9.59 Å². The van der Waals surface area contributed by atoms with E-state index in [-0.39, 0.29) is 35.9 Å². The molecule has 1 atom stereocenters. The number of piperidine rings is 1. The van der Waals surface area contributed by atoms with Crippen LogP contribution in [0, 0.1) is 6.92 Å². The number of aryl methyl sites for hydroxylation is 1. The lowest BCUT2D eigenvalue weighted by Crippen LogP contribution is -2.51. The summed E-state index contributed by atoms with van der Waals surface area (Å²) >= 11 is 0. The average molecular weight is 414 g/mol. The van der Waals surface area contributed by atoms with Crippen LogP contribution in [0.2, 0.25) is 0 Å². The van der Waals surface area contributed by atoms with E-state index in [1.807, 2.05) is 6.07 Å². The highest BCUT2D eigenvalue weighted by molar-refractivity contribution is 5.95. The van der Waals surface area contributed by atoms with Crippen molar-refractivity contribution in [1.82, 2.24) is 15.1 Å². The molecule has 0 spiro atoms. The van der Waals surface area contributed by atoms with Crippen LogP contribution in [0.1, 0.15) is 47.4 Å². The number of amides is 2. The van der Waals surface area contributed by atoms with E-state index < -0.39 is 5.63 Å². The molecule has 28 heavy (non-hydrogen) atoms. The molecular formula is C19H28ClN3O5. The molecule has 9 heteroatoms. The number of nitrogens with zero attached hydrogens (tertiary/aromatic N) is 2. The molecule has 2 saturated heterocycles. The van der Waals surface area contributed by atoms with E-state index in [0.29, 0.717) is 44.1 Å². The first-order chi connectivity index (χ1) is 13.0. The molecule has 1 N–H and O–H groups in total. The van der Waals surface area contributed by atoms with Crippen molar-refractivity contribution in [2.45, 2.75) is 32.6 Å². The maximum absolute atomic E-state index is 12.9. The number of ether oxygens (including phenoxy) is 1. The van der Waals surface area contributed by atoms with Crippen LogP contribution in [-0.4, -0.2) is 67.7 Å². The fraction of sp³-hybridized carbons (Fsp3) is 0.632. The third kappa shape index (κ3) is 4.86. The third-order valence-electron chi connectivity index (χ3n) is 5.17. The van der Waals surface area contributed by atoms with Gasteiger partial charge in [-0.05, 0) is 44.9 Å². The second kappa shape index (κ2) is 9.93. The van der Waals surface area contributed by atoms with Gasteiger partial charge in [0, 0.05) is 38.6 Å². The molecule has 156 valence electrons. The van der Waals surface area contributed by atoms with Gasteiger partial charge in [-0.1, -0.05) is 0 Å². The first kappa shape index (κ1) is 22.2. The Balaban J connectivity index is 0.00000280. The van der Waals surface area contributed by atoms with Crippen LogP contribution in [0.3, 0.4) is 0 Å². The molecule has 2 fully saturated rings. The summed E-state index contributed by atoms with van der Waals surface area (Å²) < 4.78 is 10.5. The normalized spacial score (nSPS) is 19.7. The molecule has 1 aromatic heterocycles. The molecule has 2 aliphatic rings. The van der Waals surface area contributed by atoms with Crippen molar-refractivity contribution in [3.63, 3.8) is 0 Å². The minimum atomic E-state index is -0.576. The summed E-state index contributed by atoms with van der Waals surface area (Å²) in [4.78, 5) is 40.3. The molecule has 1 aromatic rings. The molecule has 8 nitrogen and oxygen atoms in total. The molecular weight excluding hydrogens is 386 g/mol. The highest BCUT2D eigenvalue weighted by atomic mass is 35.5. The Morgan fingerprint density at radius 3 is 2.50 bits per heavy atom. The topological polar surface area (TPSA) is 92.1 Å². The van der Waals surface area contributed by atoms with E-state index in [2.05, 4.69) is 5.32 Å². The maximum atomic E-state index is 12.9. The quantitative estimate of drug-likeness (QED) is 0.811. The van der Waals surface area contributed by atoms with Gasteiger partial charge in [0.2, 0.25) is 0 Å². The van der Waals surface area contributed by atoms with Crippen molar-refractivity contribution in [2.75, 3.05) is 45.9 Å². The van der Waals surface area contributed by atoms with Crippen molar-refractivity contribution in [3.8, 4) is 0 Å². The van der Waals surface area contributed by atoms with E-state index in [0.717, 1.165) is 25.9 Å². The van der Waals surface area contributed by atoms with Crippen molar-refractivity contribution in [2.24, 2.45) is 0 Å². The number of piperazine rings is 1. The number of carbonyl (C=O) groups excluding carboxylic acids is 2.